The molecule has 0 radical (unpaired) electrons. The van der Waals surface area contributed by atoms with E-state index in [9.17, 15) is 4.57 Å². The molecule has 0 unspecified atom stereocenters. The zero-order valence-electron chi connectivity index (χ0n) is 34.8. The maximum absolute atomic E-state index is 13.7. The Hall–Kier alpha value is -1.86. The molecule has 0 aliphatic carbocycles. The molecular formula is C48H82O3P+. The quantitative estimate of drug-likeness (QED) is 0.0516. The average molecular weight is 738 g/mol. The van der Waals surface area contributed by atoms with Crippen molar-refractivity contribution in [1.29, 1.82) is 0 Å². The van der Waals surface area contributed by atoms with Crippen LogP contribution in [0.5, 0.6) is 11.5 Å². The summed E-state index contributed by atoms with van der Waals surface area (Å²) < 4.78 is 26.3. The Morgan fingerprint density at radius 2 is 0.635 bits per heavy atom. The van der Waals surface area contributed by atoms with Crippen LogP contribution in [0.3, 0.4) is 0 Å². The molecule has 0 N–H and O–H groups in total. The lowest BCUT2D eigenvalue weighted by molar-refractivity contribution is 0.410. The monoisotopic (exact) mass is 738 g/mol. The van der Waals surface area contributed by atoms with E-state index in [1.54, 1.807) is 0 Å². The molecule has 2 aromatic carbocycles. The van der Waals surface area contributed by atoms with E-state index >= 15 is 0 Å². The van der Waals surface area contributed by atoms with Crippen LogP contribution in [0.1, 0.15) is 230 Å². The van der Waals surface area contributed by atoms with Gasteiger partial charge in [0.05, 0.1) is 0 Å². The van der Waals surface area contributed by atoms with Gasteiger partial charge < -0.3 is 0 Å². The molecule has 0 amide bonds. The number of benzene rings is 2. The molecule has 0 atom stereocenters. The highest BCUT2D eigenvalue weighted by molar-refractivity contribution is 7.34. The molecule has 2 rings (SSSR count). The van der Waals surface area contributed by atoms with Crippen molar-refractivity contribution < 1.29 is 13.6 Å². The molecule has 0 spiro atoms. The molecule has 0 aliphatic rings. The fraction of sp³-hybridized carbons (Fsp3) is 0.750. The first-order valence-corrected chi connectivity index (χ1v) is 23.8. The summed E-state index contributed by atoms with van der Waals surface area (Å²) in [6.07, 6.45) is 40.4. The molecule has 296 valence electrons. The standard InChI is InChI=1S/C48H82O3P/c1-5-9-13-17-21-25-29-35-43-37-33-41-47(45(43)39-31-27-23-19-15-11-7-3)50-52(49)51-48-42-34-38-44(36-30-26-22-18-14-10-6-2)46(48)40-32-28-24-20-16-12-8-4/h33-34,37-38,41-42H,5-32,35-36,39-40H2,1-4H3/q+1. The molecule has 3 nitrogen and oxygen atoms in total. The summed E-state index contributed by atoms with van der Waals surface area (Å²) in [5.74, 6) is 1.53. The Bertz CT molecular complexity index is 1060. The zero-order valence-corrected chi connectivity index (χ0v) is 35.7. The Morgan fingerprint density at radius 3 is 0.942 bits per heavy atom. The normalized spacial score (nSPS) is 11.3. The molecule has 0 fully saturated rings. The predicted molar refractivity (Wildman–Crippen MR) is 229 cm³/mol. The van der Waals surface area contributed by atoms with Gasteiger partial charge in [0.25, 0.3) is 0 Å². The smallest absolute Gasteiger partial charge is 0.222 e. The Kier molecular flexibility index (Phi) is 29.0. The van der Waals surface area contributed by atoms with Crippen LogP contribution in [-0.4, -0.2) is 0 Å². The number of hydrogen-bond donors (Lipinski definition) is 0. The van der Waals surface area contributed by atoms with Crippen LogP contribution in [0.2, 0.25) is 0 Å². The molecule has 0 aliphatic heterocycles. The summed E-state index contributed by atoms with van der Waals surface area (Å²) in [5.41, 5.74) is 5.25. The largest absolute Gasteiger partial charge is 0.805 e. The molecule has 0 saturated carbocycles. The molecule has 0 bridgehead atoms. The summed E-state index contributed by atoms with van der Waals surface area (Å²) in [5, 5.41) is 0. The lowest BCUT2D eigenvalue weighted by Crippen LogP contribution is -2.02. The third kappa shape index (κ3) is 21.7. The molecule has 0 aromatic heterocycles. The first-order chi connectivity index (χ1) is 25.6. The lowest BCUT2D eigenvalue weighted by Gasteiger charge is -2.13. The number of hydrogen-bond acceptors (Lipinski definition) is 3. The fourth-order valence-electron chi connectivity index (χ4n) is 7.67. The van der Waals surface area contributed by atoms with Crippen LogP contribution in [0.25, 0.3) is 0 Å². The van der Waals surface area contributed by atoms with Crippen molar-refractivity contribution in [2.45, 2.75) is 233 Å². The van der Waals surface area contributed by atoms with Crippen molar-refractivity contribution in [3.8, 4) is 11.5 Å². The van der Waals surface area contributed by atoms with E-state index in [-0.39, 0.29) is 0 Å². The first kappa shape index (κ1) is 46.3. The van der Waals surface area contributed by atoms with Gasteiger partial charge in [-0.2, -0.15) is 0 Å². The molecular weight excluding hydrogens is 655 g/mol. The van der Waals surface area contributed by atoms with Gasteiger partial charge >= 0.3 is 8.25 Å². The maximum atomic E-state index is 13.7. The van der Waals surface area contributed by atoms with E-state index in [0.717, 1.165) is 50.0 Å². The van der Waals surface area contributed by atoms with E-state index < -0.39 is 8.25 Å². The summed E-state index contributed by atoms with van der Waals surface area (Å²) in [6.45, 7) is 9.13. The van der Waals surface area contributed by atoms with E-state index in [0.29, 0.717) is 0 Å². The second-order valence-electron chi connectivity index (χ2n) is 15.7. The summed E-state index contributed by atoms with van der Waals surface area (Å²) >= 11 is 0. The van der Waals surface area contributed by atoms with Gasteiger partial charge in [-0.15, -0.1) is 0 Å². The molecule has 2 aromatic rings. The minimum Gasteiger partial charge on any atom is -0.222 e. The number of rotatable bonds is 36. The Labute approximate surface area is 324 Å². The second kappa shape index (κ2) is 32.6. The van der Waals surface area contributed by atoms with Crippen LogP contribution in [0.4, 0.5) is 0 Å². The van der Waals surface area contributed by atoms with Crippen molar-refractivity contribution in [1.82, 2.24) is 0 Å². The number of aryl methyl sites for hydroxylation is 2. The van der Waals surface area contributed by atoms with E-state index in [1.165, 1.54) is 189 Å². The highest BCUT2D eigenvalue weighted by Gasteiger charge is 2.28. The van der Waals surface area contributed by atoms with Crippen LogP contribution < -0.4 is 9.05 Å². The van der Waals surface area contributed by atoms with Crippen LogP contribution >= 0.6 is 8.25 Å². The van der Waals surface area contributed by atoms with Gasteiger partial charge in [-0.25, -0.2) is 9.05 Å². The van der Waals surface area contributed by atoms with Gasteiger partial charge in [-0.1, -0.05) is 206 Å². The van der Waals surface area contributed by atoms with E-state index in [4.69, 9.17) is 9.05 Å². The van der Waals surface area contributed by atoms with E-state index in [1.807, 2.05) is 12.1 Å². The summed E-state index contributed by atoms with van der Waals surface area (Å²) in [6, 6.07) is 12.8. The number of unbranched alkanes of at least 4 members (excludes halogenated alkanes) is 24. The fourth-order valence-corrected chi connectivity index (χ4v) is 8.37. The molecule has 0 saturated heterocycles. The highest BCUT2D eigenvalue weighted by atomic mass is 31.1. The summed E-state index contributed by atoms with van der Waals surface area (Å²) in [7, 11) is -2.35. The highest BCUT2D eigenvalue weighted by Crippen LogP contribution is 2.38. The maximum Gasteiger partial charge on any atom is 0.805 e. The Balaban J connectivity index is 2.13. The molecule has 52 heavy (non-hydrogen) atoms. The van der Waals surface area contributed by atoms with Crippen LogP contribution in [0.15, 0.2) is 36.4 Å². The van der Waals surface area contributed by atoms with Gasteiger partial charge in [0.15, 0.2) is 11.5 Å². The predicted octanol–water partition coefficient (Wildman–Crippen LogP) is 17.0. The lowest BCUT2D eigenvalue weighted by atomic mass is 9.95. The van der Waals surface area contributed by atoms with Crippen LogP contribution in [0, 0.1) is 0 Å². The Morgan fingerprint density at radius 1 is 0.365 bits per heavy atom. The molecule has 4 heteroatoms. The van der Waals surface area contributed by atoms with Gasteiger partial charge in [-0.3, -0.25) is 0 Å². The van der Waals surface area contributed by atoms with Crippen molar-refractivity contribution in [3.05, 3.63) is 58.7 Å². The second-order valence-corrected chi connectivity index (χ2v) is 16.5. The van der Waals surface area contributed by atoms with Crippen molar-refractivity contribution >= 4 is 8.25 Å². The third-order valence-corrected chi connectivity index (χ3v) is 11.7. The van der Waals surface area contributed by atoms with Crippen LogP contribution in [-0.2, 0) is 30.2 Å². The van der Waals surface area contributed by atoms with Crippen molar-refractivity contribution in [2.75, 3.05) is 0 Å². The zero-order chi connectivity index (χ0) is 37.3. The van der Waals surface area contributed by atoms with Gasteiger partial charge in [0.1, 0.15) is 0 Å². The van der Waals surface area contributed by atoms with Gasteiger partial charge in [0, 0.05) is 15.7 Å². The summed E-state index contributed by atoms with van der Waals surface area (Å²) in [4.78, 5) is 0. The van der Waals surface area contributed by atoms with Gasteiger partial charge in [0.2, 0.25) is 0 Å². The van der Waals surface area contributed by atoms with E-state index in [2.05, 4.69) is 52.0 Å². The molecule has 0 heterocycles. The SMILES string of the molecule is CCCCCCCCCc1cccc(O[P+](=O)Oc2cccc(CCCCCCCCC)c2CCCCCCCCC)c1CCCCCCCCC. The minimum atomic E-state index is -2.35. The minimum absolute atomic E-state index is 0.764. The van der Waals surface area contributed by atoms with Crippen molar-refractivity contribution in [2.24, 2.45) is 0 Å². The topological polar surface area (TPSA) is 35.5 Å². The van der Waals surface area contributed by atoms with Crippen molar-refractivity contribution in [3.63, 3.8) is 0 Å². The first-order valence-electron chi connectivity index (χ1n) is 22.7. The van der Waals surface area contributed by atoms with Gasteiger partial charge in [-0.05, 0) is 74.6 Å². The third-order valence-electron chi connectivity index (χ3n) is 11.0. The average Bonchev–Trinajstić information content (AvgIpc) is 3.14.